The molecular formula is C5H6N4O2. The Morgan fingerprint density at radius 2 is 2.09 bits per heavy atom. The van der Waals surface area contributed by atoms with E-state index in [2.05, 4.69) is 9.97 Å². The largest absolute Gasteiger partial charge is 0.368 e. The van der Waals surface area contributed by atoms with Crippen LogP contribution in [-0.2, 0) is 0 Å². The van der Waals surface area contributed by atoms with E-state index in [9.17, 15) is 4.79 Å². The van der Waals surface area contributed by atoms with Crippen molar-refractivity contribution < 1.29 is 10.0 Å². The van der Waals surface area contributed by atoms with E-state index in [0.717, 1.165) is 0 Å². The van der Waals surface area contributed by atoms with Crippen molar-refractivity contribution in [1.29, 1.82) is 0 Å². The Kier molecular flexibility index (Phi) is 1.98. The SMILES string of the molecule is Nc1ncc(C(=O)NO)cn1. The molecule has 0 radical (unpaired) electrons. The zero-order valence-corrected chi connectivity index (χ0v) is 5.48. The third-order valence-electron chi connectivity index (χ3n) is 1.04. The summed E-state index contributed by atoms with van der Waals surface area (Å²) in [4.78, 5) is 17.7. The Bertz CT molecular complexity index is 258. The van der Waals surface area contributed by atoms with Crippen molar-refractivity contribution in [2.75, 3.05) is 5.73 Å². The fraction of sp³-hybridized carbons (Fsp3) is 0. The average molecular weight is 154 g/mol. The molecule has 1 heterocycles. The molecule has 0 aliphatic carbocycles. The number of nitrogens with two attached hydrogens (primary N) is 1. The molecule has 0 aromatic carbocycles. The first-order valence-corrected chi connectivity index (χ1v) is 2.76. The van der Waals surface area contributed by atoms with Crippen LogP contribution in [0.15, 0.2) is 12.4 Å². The average Bonchev–Trinajstić information content (AvgIpc) is 2.05. The van der Waals surface area contributed by atoms with Gasteiger partial charge in [0.15, 0.2) is 0 Å². The van der Waals surface area contributed by atoms with Gasteiger partial charge < -0.3 is 5.73 Å². The molecule has 0 saturated carbocycles. The first-order valence-electron chi connectivity index (χ1n) is 2.76. The molecule has 0 aliphatic rings. The van der Waals surface area contributed by atoms with Gasteiger partial charge in [0.1, 0.15) is 0 Å². The van der Waals surface area contributed by atoms with Crippen LogP contribution < -0.4 is 11.2 Å². The van der Waals surface area contributed by atoms with Crippen LogP contribution in [0.4, 0.5) is 5.95 Å². The summed E-state index contributed by atoms with van der Waals surface area (Å²) < 4.78 is 0. The van der Waals surface area contributed by atoms with E-state index in [4.69, 9.17) is 10.9 Å². The summed E-state index contributed by atoms with van der Waals surface area (Å²) >= 11 is 0. The number of carbonyl (C=O) groups excluding carboxylic acids is 1. The smallest absolute Gasteiger partial charge is 0.277 e. The predicted octanol–water partition coefficient (Wildman–Crippen LogP) is -0.822. The van der Waals surface area contributed by atoms with Crippen molar-refractivity contribution in [2.24, 2.45) is 0 Å². The number of aromatic nitrogens is 2. The van der Waals surface area contributed by atoms with E-state index in [1.807, 2.05) is 0 Å². The molecule has 0 atom stereocenters. The van der Waals surface area contributed by atoms with Crippen LogP contribution in [0.25, 0.3) is 0 Å². The van der Waals surface area contributed by atoms with E-state index < -0.39 is 5.91 Å². The van der Waals surface area contributed by atoms with E-state index >= 15 is 0 Å². The highest BCUT2D eigenvalue weighted by Crippen LogP contribution is 1.95. The minimum atomic E-state index is -0.662. The third kappa shape index (κ3) is 1.62. The number of hydrogen-bond acceptors (Lipinski definition) is 5. The van der Waals surface area contributed by atoms with Gasteiger partial charge in [-0.25, -0.2) is 15.4 Å². The fourth-order valence-corrected chi connectivity index (χ4v) is 0.520. The Balaban J connectivity index is 2.90. The van der Waals surface area contributed by atoms with Crippen LogP contribution in [0.1, 0.15) is 10.4 Å². The summed E-state index contributed by atoms with van der Waals surface area (Å²) in [6.07, 6.45) is 2.43. The van der Waals surface area contributed by atoms with Gasteiger partial charge in [-0.1, -0.05) is 0 Å². The van der Waals surface area contributed by atoms with E-state index in [1.54, 1.807) is 0 Å². The lowest BCUT2D eigenvalue weighted by atomic mass is 10.3. The van der Waals surface area contributed by atoms with Crippen LogP contribution >= 0.6 is 0 Å². The fourth-order valence-electron chi connectivity index (χ4n) is 0.520. The predicted molar refractivity (Wildman–Crippen MR) is 35.7 cm³/mol. The van der Waals surface area contributed by atoms with Crippen molar-refractivity contribution in [2.45, 2.75) is 0 Å². The molecule has 1 aromatic rings. The molecule has 6 nitrogen and oxygen atoms in total. The van der Waals surface area contributed by atoms with Gasteiger partial charge in [-0.3, -0.25) is 10.0 Å². The minimum Gasteiger partial charge on any atom is -0.368 e. The second-order valence-corrected chi connectivity index (χ2v) is 1.77. The Morgan fingerprint density at radius 3 is 2.55 bits per heavy atom. The van der Waals surface area contributed by atoms with Crippen molar-refractivity contribution >= 4 is 11.9 Å². The van der Waals surface area contributed by atoms with Gasteiger partial charge in [-0.2, -0.15) is 0 Å². The molecule has 1 aromatic heterocycles. The molecule has 4 N–H and O–H groups in total. The number of anilines is 1. The lowest BCUT2D eigenvalue weighted by Gasteiger charge is -1.95. The number of rotatable bonds is 1. The zero-order valence-electron chi connectivity index (χ0n) is 5.48. The van der Waals surface area contributed by atoms with Crippen molar-refractivity contribution in [1.82, 2.24) is 15.4 Å². The van der Waals surface area contributed by atoms with Crippen molar-refractivity contribution in [3.05, 3.63) is 18.0 Å². The number of nitrogens with one attached hydrogen (secondary N) is 1. The van der Waals surface area contributed by atoms with Gasteiger partial charge in [0.25, 0.3) is 5.91 Å². The van der Waals surface area contributed by atoms with E-state index in [-0.39, 0.29) is 11.5 Å². The summed E-state index contributed by atoms with van der Waals surface area (Å²) in [5.41, 5.74) is 6.75. The topological polar surface area (TPSA) is 101 Å². The second-order valence-electron chi connectivity index (χ2n) is 1.77. The highest BCUT2D eigenvalue weighted by molar-refractivity contribution is 5.92. The maximum atomic E-state index is 10.6. The Labute approximate surface area is 62.0 Å². The van der Waals surface area contributed by atoms with Crippen LogP contribution in [0.2, 0.25) is 0 Å². The summed E-state index contributed by atoms with van der Waals surface area (Å²) in [6.45, 7) is 0. The van der Waals surface area contributed by atoms with Gasteiger partial charge in [-0.05, 0) is 0 Å². The summed E-state index contributed by atoms with van der Waals surface area (Å²) in [7, 11) is 0. The number of amides is 1. The third-order valence-corrected chi connectivity index (χ3v) is 1.04. The van der Waals surface area contributed by atoms with E-state index in [0.29, 0.717) is 0 Å². The molecule has 11 heavy (non-hydrogen) atoms. The molecule has 6 heteroatoms. The summed E-state index contributed by atoms with van der Waals surface area (Å²) in [5, 5.41) is 8.17. The maximum absolute atomic E-state index is 10.6. The van der Waals surface area contributed by atoms with Gasteiger partial charge >= 0.3 is 0 Å². The Morgan fingerprint density at radius 1 is 1.55 bits per heavy atom. The van der Waals surface area contributed by atoms with Crippen LogP contribution in [0.5, 0.6) is 0 Å². The van der Waals surface area contributed by atoms with Gasteiger partial charge in [0, 0.05) is 12.4 Å². The normalized spacial score (nSPS) is 9.18. The monoisotopic (exact) mass is 154 g/mol. The molecular weight excluding hydrogens is 148 g/mol. The molecule has 1 amide bonds. The van der Waals surface area contributed by atoms with Gasteiger partial charge in [0.05, 0.1) is 5.56 Å². The lowest BCUT2D eigenvalue weighted by Crippen LogP contribution is -2.19. The second kappa shape index (κ2) is 2.93. The number of hydroxylamine groups is 1. The number of hydrogen-bond donors (Lipinski definition) is 3. The zero-order chi connectivity index (χ0) is 8.27. The summed E-state index contributed by atoms with van der Waals surface area (Å²) in [6, 6.07) is 0. The highest BCUT2D eigenvalue weighted by atomic mass is 16.5. The first kappa shape index (κ1) is 7.42. The van der Waals surface area contributed by atoms with Crippen molar-refractivity contribution in [3.63, 3.8) is 0 Å². The Hall–Kier alpha value is -1.69. The quantitative estimate of drug-likeness (QED) is 0.362. The van der Waals surface area contributed by atoms with E-state index in [1.165, 1.54) is 17.9 Å². The highest BCUT2D eigenvalue weighted by Gasteiger charge is 2.03. The maximum Gasteiger partial charge on any atom is 0.277 e. The molecule has 0 aliphatic heterocycles. The molecule has 1 rings (SSSR count). The number of carbonyl (C=O) groups is 1. The van der Waals surface area contributed by atoms with Gasteiger partial charge in [-0.15, -0.1) is 0 Å². The first-order chi connectivity index (χ1) is 5.24. The van der Waals surface area contributed by atoms with Gasteiger partial charge in [0.2, 0.25) is 5.95 Å². The molecule has 0 spiro atoms. The molecule has 58 valence electrons. The molecule has 0 unspecified atom stereocenters. The standard InChI is InChI=1S/C5H6N4O2/c6-5-7-1-3(2-8-5)4(10)9-11/h1-2,11H,(H,9,10)(H2,6,7,8). The van der Waals surface area contributed by atoms with Crippen LogP contribution in [0.3, 0.4) is 0 Å². The minimum absolute atomic E-state index is 0.0829. The van der Waals surface area contributed by atoms with Crippen LogP contribution in [0, 0.1) is 0 Å². The molecule has 0 saturated heterocycles. The number of nitrogen functional groups attached to an aromatic ring is 1. The van der Waals surface area contributed by atoms with Crippen LogP contribution in [-0.4, -0.2) is 21.1 Å². The number of nitrogens with zero attached hydrogens (tertiary/aromatic N) is 2. The summed E-state index contributed by atoms with van der Waals surface area (Å²) in [5.74, 6) is -0.579. The molecule has 0 fully saturated rings. The molecule has 0 bridgehead atoms. The van der Waals surface area contributed by atoms with Crippen molar-refractivity contribution in [3.8, 4) is 0 Å². The lowest BCUT2D eigenvalue weighted by molar-refractivity contribution is 0.0705.